The van der Waals surface area contributed by atoms with Crippen molar-refractivity contribution in [2.75, 3.05) is 6.61 Å². The highest BCUT2D eigenvalue weighted by atomic mass is 16.7. The Balaban J connectivity index is 1.67. The van der Waals surface area contributed by atoms with Crippen molar-refractivity contribution in [3.05, 3.63) is 0 Å². The van der Waals surface area contributed by atoms with Crippen LogP contribution in [0, 0.1) is 0 Å². The minimum Gasteiger partial charge on any atom is -0.394 e. The van der Waals surface area contributed by atoms with Gasteiger partial charge in [-0.25, -0.2) is 0 Å². The molecule has 0 aromatic rings. The maximum atomic E-state index is 10.6. The molecule has 0 aromatic carbocycles. The average Bonchev–Trinajstić information content (AvgIpc) is 2.75. The van der Waals surface area contributed by atoms with Gasteiger partial charge in [-0.3, -0.25) is 0 Å². The number of rotatable bonds is 5. The topological polar surface area (TPSA) is 228 Å². The molecule has 3 heterocycles. The van der Waals surface area contributed by atoms with E-state index in [1.807, 2.05) is 0 Å². The number of ether oxygens (including phenoxy) is 5. The van der Waals surface area contributed by atoms with Gasteiger partial charge in [-0.15, -0.1) is 0 Å². The SMILES string of the molecule is C[C@@H]1O[C@@H](O[C@H]2[C@@H](O)[C@@H](C)OC(O)[C@@H]2O)[C@H](O)[C@H](O)[C@H]1O[C@@H]1O[C@H](CO)[C@@H](O)[C@H](O)[C@@H]1O. The van der Waals surface area contributed by atoms with Crippen molar-refractivity contribution in [2.45, 2.75) is 106 Å². The van der Waals surface area contributed by atoms with Crippen LogP contribution in [0.5, 0.6) is 0 Å². The van der Waals surface area contributed by atoms with Crippen LogP contribution in [0.1, 0.15) is 13.8 Å². The first-order valence-electron chi connectivity index (χ1n) is 10.3. The monoisotopic (exact) mass is 472 g/mol. The summed E-state index contributed by atoms with van der Waals surface area (Å²) in [5.74, 6) is 0. The van der Waals surface area contributed by atoms with Crippen LogP contribution in [0.3, 0.4) is 0 Å². The molecule has 0 radical (unpaired) electrons. The van der Waals surface area contributed by atoms with Crippen LogP contribution in [0.4, 0.5) is 0 Å². The molecule has 32 heavy (non-hydrogen) atoms. The highest BCUT2D eigenvalue weighted by Crippen LogP contribution is 2.31. The van der Waals surface area contributed by atoms with Crippen LogP contribution in [-0.4, -0.2) is 145 Å². The Morgan fingerprint density at radius 1 is 0.562 bits per heavy atom. The molecule has 188 valence electrons. The molecule has 0 saturated carbocycles. The van der Waals surface area contributed by atoms with Gasteiger partial charge >= 0.3 is 0 Å². The second kappa shape index (κ2) is 10.4. The first-order valence-corrected chi connectivity index (χ1v) is 10.3. The molecule has 9 N–H and O–H groups in total. The van der Waals surface area contributed by atoms with Gasteiger partial charge in [0.15, 0.2) is 18.9 Å². The van der Waals surface area contributed by atoms with E-state index < -0.39 is 98.7 Å². The second-order valence-corrected chi connectivity index (χ2v) is 8.30. The van der Waals surface area contributed by atoms with E-state index in [4.69, 9.17) is 23.7 Å². The number of aliphatic hydroxyl groups excluding tert-OH is 9. The third-order valence-electron chi connectivity index (χ3n) is 6.01. The molecule has 0 amide bonds. The molecule has 3 aliphatic rings. The predicted octanol–water partition coefficient (Wildman–Crippen LogP) is -5.52. The van der Waals surface area contributed by atoms with Crippen LogP contribution in [0.15, 0.2) is 0 Å². The van der Waals surface area contributed by atoms with Gasteiger partial charge in [0.05, 0.1) is 18.8 Å². The fourth-order valence-corrected chi connectivity index (χ4v) is 3.97. The predicted molar refractivity (Wildman–Crippen MR) is 98.4 cm³/mol. The number of aliphatic hydroxyl groups is 9. The minimum atomic E-state index is -1.75. The second-order valence-electron chi connectivity index (χ2n) is 8.30. The van der Waals surface area contributed by atoms with E-state index in [2.05, 4.69) is 0 Å². The summed E-state index contributed by atoms with van der Waals surface area (Å²) in [5.41, 5.74) is 0. The van der Waals surface area contributed by atoms with Crippen molar-refractivity contribution in [3.8, 4) is 0 Å². The van der Waals surface area contributed by atoms with Crippen LogP contribution in [0.2, 0.25) is 0 Å². The summed E-state index contributed by atoms with van der Waals surface area (Å²) in [6.07, 6.45) is -22.1. The van der Waals surface area contributed by atoms with E-state index in [1.54, 1.807) is 0 Å². The zero-order chi connectivity index (χ0) is 23.9. The van der Waals surface area contributed by atoms with E-state index >= 15 is 0 Å². The first kappa shape index (κ1) is 26.1. The molecular formula is C18H32O14. The summed E-state index contributed by atoms with van der Waals surface area (Å²) in [6, 6.07) is 0. The summed E-state index contributed by atoms with van der Waals surface area (Å²) in [6.45, 7) is 2.20. The Morgan fingerprint density at radius 2 is 1.12 bits per heavy atom. The molecule has 15 atom stereocenters. The third-order valence-corrected chi connectivity index (χ3v) is 6.01. The zero-order valence-electron chi connectivity index (χ0n) is 17.4. The van der Waals surface area contributed by atoms with Crippen LogP contribution < -0.4 is 0 Å². The smallest absolute Gasteiger partial charge is 0.187 e. The van der Waals surface area contributed by atoms with Gasteiger partial charge in [-0.2, -0.15) is 0 Å². The Bertz CT molecular complexity index is 594. The standard InChI is InChI=1S/C18H32O14/c1-4-7(20)15(13(26)16(27)28-4)32-17-12(25)10(23)14(5(2)29-17)31-18-11(24)9(22)8(21)6(3-19)30-18/h4-27H,3H2,1-2H3/t4-,5+,6-,7+,8-,9+,10+,11+,12-,13-,14+,15+,16?,17+,18+/m1/s1. The maximum Gasteiger partial charge on any atom is 0.187 e. The number of hydrogen-bond acceptors (Lipinski definition) is 14. The Morgan fingerprint density at radius 3 is 1.75 bits per heavy atom. The molecule has 0 aromatic heterocycles. The van der Waals surface area contributed by atoms with Crippen molar-refractivity contribution in [2.24, 2.45) is 0 Å². The molecule has 1 unspecified atom stereocenters. The zero-order valence-corrected chi connectivity index (χ0v) is 17.4. The van der Waals surface area contributed by atoms with Crippen molar-refractivity contribution in [3.63, 3.8) is 0 Å². The quantitative estimate of drug-likeness (QED) is 0.182. The lowest BCUT2D eigenvalue weighted by atomic mass is 9.96. The van der Waals surface area contributed by atoms with Gasteiger partial charge in [0.25, 0.3) is 0 Å². The summed E-state index contributed by atoms with van der Waals surface area (Å²) in [4.78, 5) is 0. The van der Waals surface area contributed by atoms with Crippen LogP contribution in [-0.2, 0) is 23.7 Å². The van der Waals surface area contributed by atoms with E-state index in [-0.39, 0.29) is 0 Å². The Hall–Kier alpha value is -0.560. The normalized spacial score (nSPS) is 55.0. The van der Waals surface area contributed by atoms with Gasteiger partial charge in [0, 0.05) is 0 Å². The summed E-state index contributed by atoms with van der Waals surface area (Å²) < 4.78 is 26.7. The lowest BCUT2D eigenvalue weighted by molar-refractivity contribution is -0.373. The molecule has 14 heteroatoms. The third kappa shape index (κ3) is 4.94. The molecule has 0 spiro atoms. The largest absolute Gasteiger partial charge is 0.394 e. The summed E-state index contributed by atoms with van der Waals surface area (Å²) in [7, 11) is 0. The van der Waals surface area contributed by atoms with Gasteiger partial charge in [-0.05, 0) is 13.8 Å². The highest BCUT2D eigenvalue weighted by Gasteiger charge is 2.52. The fourth-order valence-electron chi connectivity index (χ4n) is 3.97. The van der Waals surface area contributed by atoms with Crippen LogP contribution in [0.25, 0.3) is 0 Å². The fraction of sp³-hybridized carbons (Fsp3) is 1.00. The first-order chi connectivity index (χ1) is 15.0. The molecule has 3 fully saturated rings. The summed E-state index contributed by atoms with van der Waals surface area (Å²) >= 11 is 0. The molecule has 3 aliphatic heterocycles. The maximum absolute atomic E-state index is 10.6. The Labute approximate surface area is 183 Å². The lowest BCUT2D eigenvalue weighted by Crippen LogP contribution is -2.65. The van der Waals surface area contributed by atoms with Gasteiger partial charge in [-0.1, -0.05) is 0 Å². The molecule has 0 aliphatic carbocycles. The van der Waals surface area contributed by atoms with Gasteiger partial charge in [0.1, 0.15) is 61.0 Å². The summed E-state index contributed by atoms with van der Waals surface area (Å²) in [5, 5.41) is 90.2. The number of hydrogen-bond donors (Lipinski definition) is 9. The molecular weight excluding hydrogens is 440 g/mol. The molecule has 14 nitrogen and oxygen atoms in total. The van der Waals surface area contributed by atoms with Gasteiger partial charge in [0.2, 0.25) is 0 Å². The van der Waals surface area contributed by atoms with E-state index in [0.29, 0.717) is 0 Å². The molecule has 3 rings (SSSR count). The van der Waals surface area contributed by atoms with Crippen molar-refractivity contribution in [1.82, 2.24) is 0 Å². The van der Waals surface area contributed by atoms with Crippen molar-refractivity contribution < 1.29 is 69.6 Å². The lowest BCUT2D eigenvalue weighted by Gasteiger charge is -2.47. The Kier molecular flexibility index (Phi) is 8.44. The van der Waals surface area contributed by atoms with Crippen molar-refractivity contribution >= 4 is 0 Å². The van der Waals surface area contributed by atoms with Gasteiger partial charge < -0.3 is 69.6 Å². The highest BCUT2D eigenvalue weighted by molar-refractivity contribution is 4.95. The van der Waals surface area contributed by atoms with E-state index in [9.17, 15) is 46.0 Å². The van der Waals surface area contributed by atoms with Crippen molar-refractivity contribution in [1.29, 1.82) is 0 Å². The average molecular weight is 472 g/mol. The molecule has 3 saturated heterocycles. The molecule has 0 bridgehead atoms. The van der Waals surface area contributed by atoms with Crippen LogP contribution >= 0.6 is 0 Å². The van der Waals surface area contributed by atoms with E-state index in [0.717, 1.165) is 0 Å². The minimum absolute atomic E-state index is 0.678. The van der Waals surface area contributed by atoms with E-state index in [1.165, 1.54) is 13.8 Å².